The molecule has 0 aromatic rings. The molecule has 0 aromatic heterocycles. The quantitative estimate of drug-likeness (QED) is 0.0946. The number of rotatable bonds is 12. The fourth-order valence-electron chi connectivity index (χ4n) is 14.6. The number of aliphatic hydroxyl groups excluding tert-OH is 11. The summed E-state index contributed by atoms with van der Waals surface area (Å²) in [5, 5.41) is 118. The minimum Gasteiger partial charge on any atom is -0.394 e. The minimum atomic E-state index is -1.73. The van der Waals surface area contributed by atoms with E-state index in [4.69, 9.17) is 28.4 Å². The number of hydrogen-bond donors (Lipinski definition) is 11. The number of aliphatic hydroxyl groups is 11. The van der Waals surface area contributed by atoms with Gasteiger partial charge in [-0.15, -0.1) is 0 Å². The lowest BCUT2D eigenvalue weighted by atomic mass is 9.35. The first-order chi connectivity index (χ1) is 29.9. The van der Waals surface area contributed by atoms with Gasteiger partial charge in [0.1, 0.15) is 67.1 Å². The van der Waals surface area contributed by atoms with Crippen LogP contribution in [0.2, 0.25) is 0 Å². The van der Waals surface area contributed by atoms with Gasteiger partial charge in [-0.1, -0.05) is 46.3 Å². The van der Waals surface area contributed by atoms with Crippen LogP contribution in [0.15, 0.2) is 11.6 Å². The molecule has 4 saturated carbocycles. The van der Waals surface area contributed by atoms with Gasteiger partial charge in [0.25, 0.3) is 0 Å². The molecule has 0 radical (unpaired) electrons. The zero-order valence-electron chi connectivity index (χ0n) is 39.0. The molecule has 11 N–H and O–H groups in total. The van der Waals surface area contributed by atoms with Crippen molar-refractivity contribution in [3.63, 3.8) is 0 Å². The topological polar surface area (TPSA) is 278 Å². The van der Waals surface area contributed by atoms with Gasteiger partial charge >= 0.3 is 0 Å². The van der Waals surface area contributed by atoms with Gasteiger partial charge in [0.2, 0.25) is 0 Å². The summed E-state index contributed by atoms with van der Waals surface area (Å²) in [6, 6.07) is 0. The largest absolute Gasteiger partial charge is 0.394 e. The Balaban J connectivity index is 1.11. The molecule has 4 aliphatic carbocycles. The zero-order valence-corrected chi connectivity index (χ0v) is 39.0. The van der Waals surface area contributed by atoms with Gasteiger partial charge in [0.15, 0.2) is 18.9 Å². The van der Waals surface area contributed by atoms with Crippen LogP contribution in [0.3, 0.4) is 0 Å². The first kappa shape index (κ1) is 50.9. The van der Waals surface area contributed by atoms with Crippen molar-refractivity contribution in [1.82, 2.24) is 0 Å². The second-order valence-electron chi connectivity index (χ2n) is 22.4. The highest BCUT2D eigenvalue weighted by atomic mass is 16.8. The van der Waals surface area contributed by atoms with Gasteiger partial charge in [0, 0.05) is 0 Å². The summed E-state index contributed by atoms with van der Waals surface area (Å²) in [7, 11) is 0. The van der Waals surface area contributed by atoms with E-state index in [1.165, 1.54) is 0 Å². The lowest BCUT2D eigenvalue weighted by Crippen LogP contribution is -2.67. The lowest BCUT2D eigenvalue weighted by Gasteiger charge is -2.71. The molecule has 64 heavy (non-hydrogen) atoms. The van der Waals surface area contributed by atoms with Crippen LogP contribution in [0.4, 0.5) is 0 Å². The van der Waals surface area contributed by atoms with E-state index >= 15 is 0 Å². The van der Waals surface area contributed by atoms with Crippen LogP contribution in [-0.4, -0.2) is 180 Å². The number of hydrogen-bond acceptors (Lipinski definition) is 17. The van der Waals surface area contributed by atoms with Crippen LogP contribution in [0.5, 0.6) is 0 Å². The molecule has 3 aliphatic heterocycles. The fraction of sp³-hybridized carbons (Fsp3) is 0.957. The molecule has 7 fully saturated rings. The van der Waals surface area contributed by atoms with E-state index in [1.54, 1.807) is 0 Å². The standard InChI is InChI=1S/C47H80O17/c1-22(2)10-9-14-47(8,64-41-38(58)36(56)34(54)27(20-49)61-41)23-11-16-46(7)31(23)24(50)18-29-44(5)15-13-30(43(3,4)28(44)12-17-45(29,46)6)62-42-39(32(52)25(51)21-59-42)63-40-37(57)35(55)33(53)26(19-48)60-40/h10,23-42,48-58H,9,11-21H2,1-8H3/t23-,24+,25+,26+,27+,28-,29+,30-,31-,32-,33+,34+,35-,36-,37+,38+,39+,40-,41-,42-,44-,45+,46+,47-/m0/s1. The predicted molar refractivity (Wildman–Crippen MR) is 228 cm³/mol. The Morgan fingerprint density at radius 3 is 1.86 bits per heavy atom. The van der Waals surface area contributed by atoms with Gasteiger partial charge in [-0.05, 0) is 124 Å². The second kappa shape index (κ2) is 18.8. The Bertz CT molecular complexity index is 1630. The SMILES string of the molecule is CC(C)=CCC[C@](C)(O[C@@H]1O[C@H](CO)[C@@H](O)[C@H](O)[C@H]1O)[C@H]1CC[C@]2(C)[C@@H]1[C@H](O)C[C@@H]1[C@@]3(C)CC[C@H](O[C@@H]4OC[C@@H](O)[C@H](O)[C@H]4O[C@@H]4O[C@H](CO)[C@@H](O)[C@H](O)[C@H]4O)C(C)(C)[C@@H]3CC[C@]12C. The minimum absolute atomic E-state index is 0.141. The summed E-state index contributed by atoms with van der Waals surface area (Å²) >= 11 is 0. The van der Waals surface area contributed by atoms with Crippen molar-refractivity contribution in [2.45, 2.75) is 217 Å². The van der Waals surface area contributed by atoms with Crippen molar-refractivity contribution in [1.29, 1.82) is 0 Å². The van der Waals surface area contributed by atoms with Crippen molar-refractivity contribution >= 4 is 0 Å². The van der Waals surface area contributed by atoms with E-state index in [1.807, 2.05) is 20.8 Å². The predicted octanol–water partition coefficient (Wildman–Crippen LogP) is 0.612. The van der Waals surface area contributed by atoms with E-state index in [0.717, 1.165) is 37.7 Å². The van der Waals surface area contributed by atoms with Gasteiger partial charge in [-0.3, -0.25) is 0 Å². The van der Waals surface area contributed by atoms with Crippen molar-refractivity contribution in [3.8, 4) is 0 Å². The van der Waals surface area contributed by atoms with Gasteiger partial charge in [-0.25, -0.2) is 0 Å². The molecule has 0 bridgehead atoms. The van der Waals surface area contributed by atoms with Gasteiger partial charge < -0.3 is 84.6 Å². The average Bonchev–Trinajstić information content (AvgIpc) is 3.63. The third kappa shape index (κ3) is 8.49. The number of fused-ring (bicyclic) bond motifs is 5. The molecule has 370 valence electrons. The highest BCUT2D eigenvalue weighted by Crippen LogP contribution is 2.76. The normalized spacial score (nSPS) is 52.5. The Labute approximate surface area is 377 Å². The second-order valence-corrected chi connectivity index (χ2v) is 22.4. The molecule has 17 nitrogen and oxygen atoms in total. The summed E-state index contributed by atoms with van der Waals surface area (Å²) < 4.78 is 37.0. The molecule has 3 heterocycles. The third-order valence-corrected chi connectivity index (χ3v) is 18.4. The third-order valence-electron chi connectivity index (χ3n) is 18.4. The number of ether oxygens (including phenoxy) is 6. The van der Waals surface area contributed by atoms with E-state index in [9.17, 15) is 56.2 Å². The van der Waals surface area contributed by atoms with E-state index in [2.05, 4.69) is 40.7 Å². The van der Waals surface area contributed by atoms with E-state index < -0.39 is 122 Å². The lowest BCUT2D eigenvalue weighted by molar-refractivity contribution is -0.367. The molecule has 7 rings (SSSR count). The monoisotopic (exact) mass is 917 g/mol. The van der Waals surface area contributed by atoms with Crippen molar-refractivity contribution < 1.29 is 84.6 Å². The molecule has 17 heteroatoms. The van der Waals surface area contributed by atoms with Crippen LogP contribution >= 0.6 is 0 Å². The summed E-state index contributed by atoms with van der Waals surface area (Å²) in [6.45, 7) is 16.1. The molecule has 0 unspecified atom stereocenters. The molecule has 24 atom stereocenters. The Kier molecular flexibility index (Phi) is 14.9. The van der Waals surface area contributed by atoms with Crippen molar-refractivity contribution in [3.05, 3.63) is 11.6 Å². The van der Waals surface area contributed by atoms with Crippen LogP contribution in [-0.2, 0) is 28.4 Å². The highest BCUT2D eigenvalue weighted by Gasteiger charge is 2.72. The maximum atomic E-state index is 12.6. The Morgan fingerprint density at radius 1 is 0.656 bits per heavy atom. The molecular weight excluding hydrogens is 837 g/mol. The molecule has 7 aliphatic rings. The molecule has 0 amide bonds. The smallest absolute Gasteiger partial charge is 0.187 e. The van der Waals surface area contributed by atoms with E-state index in [-0.39, 0.29) is 46.5 Å². The van der Waals surface area contributed by atoms with Crippen LogP contribution in [0.25, 0.3) is 0 Å². The molecule has 0 aromatic carbocycles. The molecule has 0 spiro atoms. The van der Waals surface area contributed by atoms with Crippen LogP contribution in [0.1, 0.15) is 113 Å². The Morgan fingerprint density at radius 2 is 1.25 bits per heavy atom. The maximum Gasteiger partial charge on any atom is 0.187 e. The van der Waals surface area contributed by atoms with Crippen LogP contribution < -0.4 is 0 Å². The van der Waals surface area contributed by atoms with Crippen molar-refractivity contribution in [2.24, 2.45) is 45.3 Å². The first-order valence-corrected chi connectivity index (χ1v) is 23.8. The fourth-order valence-corrected chi connectivity index (χ4v) is 14.6. The first-order valence-electron chi connectivity index (χ1n) is 23.8. The zero-order chi connectivity index (χ0) is 47.1. The summed E-state index contributed by atoms with van der Waals surface area (Å²) in [5.41, 5.74) is -0.906. The maximum absolute atomic E-state index is 12.6. The van der Waals surface area contributed by atoms with Crippen LogP contribution in [0, 0.1) is 45.3 Å². The van der Waals surface area contributed by atoms with Gasteiger partial charge in [-0.2, -0.15) is 0 Å². The Hall–Kier alpha value is -0.940. The van der Waals surface area contributed by atoms with Crippen molar-refractivity contribution in [2.75, 3.05) is 19.8 Å². The number of allylic oxidation sites excluding steroid dienone is 2. The average molecular weight is 917 g/mol. The summed E-state index contributed by atoms with van der Waals surface area (Å²) in [5.74, 6) is -0.0116. The summed E-state index contributed by atoms with van der Waals surface area (Å²) in [4.78, 5) is 0. The molecular formula is C47H80O17. The molecule has 3 saturated heterocycles. The summed E-state index contributed by atoms with van der Waals surface area (Å²) in [6.07, 6.45) is -12.7. The van der Waals surface area contributed by atoms with E-state index in [0.29, 0.717) is 25.7 Å². The highest BCUT2D eigenvalue weighted by molar-refractivity contribution is 5.20. The van der Waals surface area contributed by atoms with Gasteiger partial charge in [0.05, 0.1) is 37.6 Å².